The lowest BCUT2D eigenvalue weighted by Gasteiger charge is -2.34. The molecule has 1 N–H and O–H groups in total. The summed E-state index contributed by atoms with van der Waals surface area (Å²) in [5.41, 5.74) is 2.27. The monoisotopic (exact) mass is 417 g/mol. The van der Waals surface area contributed by atoms with E-state index in [1.807, 2.05) is 23.6 Å². The molecule has 0 saturated carbocycles. The molecule has 2 heterocycles. The van der Waals surface area contributed by atoms with E-state index in [2.05, 4.69) is 41.2 Å². The zero-order valence-corrected chi connectivity index (χ0v) is 18.1. The van der Waals surface area contributed by atoms with E-state index in [0.717, 1.165) is 31.7 Å². The fourth-order valence-electron chi connectivity index (χ4n) is 3.53. The lowest BCUT2D eigenvalue weighted by atomic mass is 10.2. The molecule has 2 unspecified atom stereocenters. The number of carbonyl (C=O) groups is 1. The van der Waals surface area contributed by atoms with Crippen LogP contribution in [-0.2, 0) is 27.2 Å². The molecule has 3 rings (SSSR count). The highest BCUT2D eigenvalue weighted by atomic mass is 32.1. The smallest absolute Gasteiger partial charge is 0.226 e. The van der Waals surface area contributed by atoms with Crippen LogP contribution in [0, 0.1) is 0 Å². The van der Waals surface area contributed by atoms with Gasteiger partial charge in [0.15, 0.2) is 5.13 Å². The van der Waals surface area contributed by atoms with Gasteiger partial charge in [-0.2, -0.15) is 0 Å². The van der Waals surface area contributed by atoms with Gasteiger partial charge in [-0.05, 0) is 32.3 Å². The molecule has 2 atom stereocenters. The Morgan fingerprint density at radius 1 is 1.24 bits per heavy atom. The van der Waals surface area contributed by atoms with Gasteiger partial charge in [0.2, 0.25) is 5.91 Å². The minimum Gasteiger partial charge on any atom is -0.381 e. The van der Waals surface area contributed by atoms with Crippen molar-refractivity contribution >= 4 is 22.4 Å². The summed E-state index contributed by atoms with van der Waals surface area (Å²) in [6.45, 7) is 8.08. The van der Waals surface area contributed by atoms with Gasteiger partial charge in [0.05, 0.1) is 24.5 Å². The molecule has 1 aliphatic heterocycles. The number of nitrogens with zero attached hydrogens (tertiary/aromatic N) is 2. The van der Waals surface area contributed by atoms with E-state index < -0.39 is 0 Å². The number of ether oxygens (including phenoxy) is 2. The molecule has 0 radical (unpaired) electrons. The van der Waals surface area contributed by atoms with Gasteiger partial charge in [-0.25, -0.2) is 4.98 Å². The largest absolute Gasteiger partial charge is 0.381 e. The highest BCUT2D eigenvalue weighted by molar-refractivity contribution is 7.13. The number of anilines is 1. The van der Waals surface area contributed by atoms with Crippen molar-refractivity contribution in [3.63, 3.8) is 0 Å². The molecule has 1 aliphatic rings. The highest BCUT2D eigenvalue weighted by Gasteiger charge is 2.22. The SMILES string of the molecule is CC1CN(Cc2csc(NC(=O)CCCOCCc3ccccc3)n2)CC(C)O1. The molecule has 29 heavy (non-hydrogen) atoms. The van der Waals surface area contributed by atoms with Crippen LogP contribution in [0.3, 0.4) is 0 Å². The maximum Gasteiger partial charge on any atom is 0.226 e. The van der Waals surface area contributed by atoms with Gasteiger partial charge in [0, 0.05) is 38.0 Å². The third-order valence-electron chi connectivity index (χ3n) is 4.75. The van der Waals surface area contributed by atoms with Gasteiger partial charge < -0.3 is 14.8 Å². The Morgan fingerprint density at radius 3 is 2.76 bits per heavy atom. The van der Waals surface area contributed by atoms with Crippen molar-refractivity contribution in [1.82, 2.24) is 9.88 Å². The third kappa shape index (κ3) is 7.85. The molecule has 0 bridgehead atoms. The van der Waals surface area contributed by atoms with Crippen LogP contribution in [0.4, 0.5) is 5.13 Å². The van der Waals surface area contributed by atoms with Crippen LogP contribution in [0.1, 0.15) is 37.9 Å². The number of amides is 1. The van der Waals surface area contributed by atoms with Gasteiger partial charge in [-0.1, -0.05) is 30.3 Å². The van der Waals surface area contributed by atoms with Crippen molar-refractivity contribution in [3.8, 4) is 0 Å². The van der Waals surface area contributed by atoms with Crippen molar-refractivity contribution < 1.29 is 14.3 Å². The molecular formula is C22H31N3O3S. The van der Waals surface area contributed by atoms with Crippen molar-refractivity contribution in [2.45, 2.75) is 51.9 Å². The van der Waals surface area contributed by atoms with Crippen LogP contribution in [0.25, 0.3) is 0 Å². The molecule has 1 saturated heterocycles. The summed E-state index contributed by atoms with van der Waals surface area (Å²) in [4.78, 5) is 19.0. The van der Waals surface area contributed by atoms with E-state index in [1.54, 1.807) is 0 Å². The van der Waals surface area contributed by atoms with Crippen LogP contribution >= 0.6 is 11.3 Å². The molecule has 0 aliphatic carbocycles. The highest BCUT2D eigenvalue weighted by Crippen LogP contribution is 2.19. The van der Waals surface area contributed by atoms with Crippen LogP contribution in [0.5, 0.6) is 0 Å². The van der Waals surface area contributed by atoms with E-state index in [4.69, 9.17) is 9.47 Å². The maximum absolute atomic E-state index is 12.1. The molecule has 0 spiro atoms. The van der Waals surface area contributed by atoms with Crippen LogP contribution in [-0.4, -0.2) is 54.3 Å². The minimum absolute atomic E-state index is 0.00817. The lowest BCUT2D eigenvalue weighted by molar-refractivity contribution is -0.116. The third-order valence-corrected chi connectivity index (χ3v) is 5.56. The molecule has 2 aromatic rings. The summed E-state index contributed by atoms with van der Waals surface area (Å²) in [5.74, 6) is -0.00817. The second-order valence-corrected chi connectivity index (χ2v) is 8.45. The van der Waals surface area contributed by atoms with Gasteiger partial charge in [-0.3, -0.25) is 9.69 Å². The molecule has 1 aromatic carbocycles. The fourth-order valence-corrected chi connectivity index (χ4v) is 4.25. The Kier molecular flexibility index (Phi) is 8.61. The number of nitrogens with one attached hydrogen (secondary N) is 1. The summed E-state index contributed by atoms with van der Waals surface area (Å²) in [6, 6.07) is 10.3. The average molecular weight is 418 g/mol. The molecule has 1 fully saturated rings. The number of aromatic nitrogens is 1. The molecule has 158 valence electrons. The quantitative estimate of drug-likeness (QED) is 0.597. The van der Waals surface area contributed by atoms with E-state index in [9.17, 15) is 4.79 Å². The zero-order chi connectivity index (χ0) is 20.5. The van der Waals surface area contributed by atoms with E-state index in [-0.39, 0.29) is 18.1 Å². The van der Waals surface area contributed by atoms with Gasteiger partial charge in [0.1, 0.15) is 0 Å². The predicted octanol–water partition coefficient (Wildman–Crippen LogP) is 3.73. The summed E-state index contributed by atoms with van der Waals surface area (Å²) >= 11 is 1.48. The molecular weight excluding hydrogens is 386 g/mol. The second-order valence-electron chi connectivity index (χ2n) is 7.60. The van der Waals surface area contributed by atoms with E-state index in [1.165, 1.54) is 16.9 Å². The number of morpholine rings is 1. The van der Waals surface area contributed by atoms with Crippen molar-refractivity contribution in [2.24, 2.45) is 0 Å². The van der Waals surface area contributed by atoms with Crippen molar-refractivity contribution in [3.05, 3.63) is 47.0 Å². The summed E-state index contributed by atoms with van der Waals surface area (Å²) < 4.78 is 11.4. The van der Waals surface area contributed by atoms with Gasteiger partial charge in [-0.15, -0.1) is 11.3 Å². The van der Waals surface area contributed by atoms with Crippen LogP contribution in [0.15, 0.2) is 35.7 Å². The van der Waals surface area contributed by atoms with Crippen molar-refractivity contribution in [1.29, 1.82) is 0 Å². The lowest BCUT2D eigenvalue weighted by Crippen LogP contribution is -2.44. The molecule has 1 aromatic heterocycles. The van der Waals surface area contributed by atoms with Gasteiger partial charge >= 0.3 is 0 Å². The number of hydrogen-bond acceptors (Lipinski definition) is 6. The number of thiazole rings is 1. The summed E-state index contributed by atoms with van der Waals surface area (Å²) in [7, 11) is 0. The Hall–Kier alpha value is -1.80. The number of benzene rings is 1. The van der Waals surface area contributed by atoms with Crippen LogP contribution < -0.4 is 5.32 Å². The molecule has 1 amide bonds. The second kappa shape index (κ2) is 11.4. The van der Waals surface area contributed by atoms with Crippen LogP contribution in [0.2, 0.25) is 0 Å². The number of rotatable bonds is 10. The summed E-state index contributed by atoms with van der Waals surface area (Å²) in [6.07, 6.45) is 2.54. The topological polar surface area (TPSA) is 63.7 Å². The van der Waals surface area contributed by atoms with E-state index in [0.29, 0.717) is 31.2 Å². The molecule has 6 nitrogen and oxygen atoms in total. The molecule has 7 heteroatoms. The standard InChI is InChI=1S/C22H31N3O3S/c1-17-13-25(14-18(2)28-17)15-20-16-29-22(23-20)24-21(26)9-6-11-27-12-10-19-7-4-3-5-8-19/h3-5,7-8,16-18H,6,9-15H2,1-2H3,(H,23,24,26). The first-order valence-corrected chi connectivity index (χ1v) is 11.2. The first-order chi connectivity index (χ1) is 14.1. The van der Waals surface area contributed by atoms with Gasteiger partial charge in [0.25, 0.3) is 0 Å². The zero-order valence-electron chi connectivity index (χ0n) is 17.3. The number of carbonyl (C=O) groups excluding carboxylic acids is 1. The average Bonchev–Trinajstić information content (AvgIpc) is 3.11. The Bertz CT molecular complexity index is 743. The predicted molar refractivity (Wildman–Crippen MR) is 116 cm³/mol. The maximum atomic E-state index is 12.1. The fraction of sp³-hybridized carbons (Fsp3) is 0.545. The first-order valence-electron chi connectivity index (χ1n) is 10.3. The Labute approximate surface area is 177 Å². The Morgan fingerprint density at radius 2 is 2.00 bits per heavy atom. The minimum atomic E-state index is -0.00817. The summed E-state index contributed by atoms with van der Waals surface area (Å²) in [5, 5.41) is 5.60. The number of hydrogen-bond donors (Lipinski definition) is 1. The first kappa shape index (κ1) is 21.9. The normalized spacial score (nSPS) is 19.9. The van der Waals surface area contributed by atoms with Crippen molar-refractivity contribution in [2.75, 3.05) is 31.6 Å². The van der Waals surface area contributed by atoms with E-state index >= 15 is 0 Å². The Balaban J connectivity index is 1.29.